The molecule has 1 amide bonds. The molecular weight excluding hydrogens is 376 g/mol. The second kappa shape index (κ2) is 7.73. The minimum absolute atomic E-state index is 0.00918. The van der Waals surface area contributed by atoms with E-state index in [0.717, 1.165) is 24.5 Å². The molecular formula is C16H14F4N2O3S. The zero-order chi connectivity index (χ0) is 19.5. The van der Waals surface area contributed by atoms with Crippen LogP contribution in [0.15, 0.2) is 36.4 Å². The number of nitrogens with zero attached hydrogens (tertiary/aromatic N) is 1. The van der Waals surface area contributed by atoms with Gasteiger partial charge in [-0.3, -0.25) is 9.10 Å². The van der Waals surface area contributed by atoms with Crippen molar-refractivity contribution in [2.24, 2.45) is 0 Å². The van der Waals surface area contributed by atoms with Crippen LogP contribution in [-0.4, -0.2) is 33.7 Å². The molecule has 0 spiro atoms. The highest BCUT2D eigenvalue weighted by atomic mass is 32.2. The number of amides is 1. The number of hydrogen-bond acceptors (Lipinski definition) is 3. The fourth-order valence-corrected chi connectivity index (χ4v) is 3.10. The van der Waals surface area contributed by atoms with E-state index < -0.39 is 51.4 Å². The third-order valence-corrected chi connectivity index (χ3v) is 4.55. The molecule has 0 fully saturated rings. The molecule has 26 heavy (non-hydrogen) atoms. The van der Waals surface area contributed by atoms with Gasteiger partial charge in [-0.2, -0.15) is 0 Å². The summed E-state index contributed by atoms with van der Waals surface area (Å²) in [6.07, 6.45) is 0.752. The third kappa shape index (κ3) is 4.51. The van der Waals surface area contributed by atoms with E-state index in [1.54, 1.807) is 0 Å². The van der Waals surface area contributed by atoms with Gasteiger partial charge in [-0.15, -0.1) is 0 Å². The Labute approximate surface area is 147 Å². The van der Waals surface area contributed by atoms with Gasteiger partial charge in [0, 0.05) is 12.1 Å². The molecule has 0 heterocycles. The Bertz CT molecular complexity index is 935. The largest absolute Gasteiger partial charge is 0.350 e. The van der Waals surface area contributed by atoms with Crippen molar-refractivity contribution in [1.29, 1.82) is 0 Å². The molecule has 0 radical (unpaired) electrons. The van der Waals surface area contributed by atoms with Gasteiger partial charge in [-0.25, -0.2) is 26.0 Å². The first kappa shape index (κ1) is 19.7. The van der Waals surface area contributed by atoms with Gasteiger partial charge in [0.2, 0.25) is 10.0 Å². The topological polar surface area (TPSA) is 66.5 Å². The summed E-state index contributed by atoms with van der Waals surface area (Å²) in [5.41, 5.74) is -0.679. The summed E-state index contributed by atoms with van der Waals surface area (Å²) in [7, 11) is -4.05. The Morgan fingerprint density at radius 3 is 2.38 bits per heavy atom. The van der Waals surface area contributed by atoms with Gasteiger partial charge in [0.1, 0.15) is 5.82 Å². The van der Waals surface area contributed by atoms with E-state index in [9.17, 15) is 30.8 Å². The van der Waals surface area contributed by atoms with E-state index in [1.165, 1.54) is 12.1 Å². The van der Waals surface area contributed by atoms with E-state index in [4.69, 9.17) is 0 Å². The van der Waals surface area contributed by atoms with Gasteiger partial charge in [-0.05, 0) is 30.3 Å². The van der Waals surface area contributed by atoms with E-state index >= 15 is 0 Å². The summed E-state index contributed by atoms with van der Waals surface area (Å²) in [5, 5.41) is 2.34. The van der Waals surface area contributed by atoms with E-state index in [2.05, 4.69) is 5.32 Å². The van der Waals surface area contributed by atoms with Crippen molar-refractivity contribution < 1.29 is 30.8 Å². The predicted molar refractivity (Wildman–Crippen MR) is 87.2 cm³/mol. The Kier molecular flexibility index (Phi) is 5.86. The Morgan fingerprint density at radius 1 is 1.08 bits per heavy atom. The number of halogens is 4. The standard InChI is InChI=1S/C16H14F4N2O3S/c1-26(24,25)22(13-6-5-12(18)14(19)15(13)20)8-7-21-16(23)10-3-2-4-11(17)9-10/h2-6,9H,7-8H2,1H3,(H,21,23). The summed E-state index contributed by atoms with van der Waals surface area (Å²) >= 11 is 0. The highest BCUT2D eigenvalue weighted by Crippen LogP contribution is 2.25. The maximum Gasteiger partial charge on any atom is 0.251 e. The highest BCUT2D eigenvalue weighted by Gasteiger charge is 2.24. The molecule has 140 valence electrons. The van der Waals surface area contributed by atoms with Crippen LogP contribution in [0.5, 0.6) is 0 Å². The summed E-state index contributed by atoms with van der Waals surface area (Å²) in [6.45, 7) is -0.720. The minimum atomic E-state index is -4.05. The fraction of sp³-hybridized carbons (Fsp3) is 0.188. The third-order valence-electron chi connectivity index (χ3n) is 3.37. The van der Waals surface area contributed by atoms with Crippen molar-refractivity contribution in [2.75, 3.05) is 23.7 Å². The van der Waals surface area contributed by atoms with E-state index in [-0.39, 0.29) is 12.1 Å². The molecule has 2 aromatic rings. The number of carbonyl (C=O) groups excluding carboxylic acids is 1. The van der Waals surface area contributed by atoms with Crippen LogP contribution in [0.2, 0.25) is 0 Å². The van der Waals surface area contributed by atoms with Crippen molar-refractivity contribution in [1.82, 2.24) is 5.32 Å². The molecule has 0 aliphatic rings. The van der Waals surface area contributed by atoms with Crippen LogP contribution in [0, 0.1) is 23.3 Å². The van der Waals surface area contributed by atoms with Crippen molar-refractivity contribution in [3.8, 4) is 0 Å². The first-order valence-corrected chi connectivity index (χ1v) is 9.11. The lowest BCUT2D eigenvalue weighted by molar-refractivity contribution is 0.0954. The molecule has 2 rings (SSSR count). The first-order chi connectivity index (χ1) is 12.1. The molecule has 0 saturated heterocycles. The quantitative estimate of drug-likeness (QED) is 0.609. The molecule has 10 heteroatoms. The molecule has 0 saturated carbocycles. The van der Waals surface area contributed by atoms with Gasteiger partial charge in [0.25, 0.3) is 5.91 Å². The maximum absolute atomic E-state index is 13.9. The predicted octanol–water partition coefficient (Wildman–Crippen LogP) is 2.44. The molecule has 0 bridgehead atoms. The maximum atomic E-state index is 13.9. The molecule has 0 aliphatic heterocycles. The molecule has 0 aliphatic carbocycles. The molecule has 0 aromatic heterocycles. The Balaban J connectivity index is 2.15. The van der Waals surface area contributed by atoms with Crippen LogP contribution in [-0.2, 0) is 10.0 Å². The van der Waals surface area contributed by atoms with Crippen molar-refractivity contribution in [3.05, 3.63) is 65.2 Å². The van der Waals surface area contributed by atoms with E-state index in [1.807, 2.05) is 0 Å². The van der Waals surface area contributed by atoms with Gasteiger partial charge in [0.15, 0.2) is 17.5 Å². The normalized spacial score (nSPS) is 11.3. The summed E-state index contributed by atoms with van der Waals surface area (Å²) < 4.78 is 77.6. The Morgan fingerprint density at radius 2 is 1.77 bits per heavy atom. The molecule has 2 aromatic carbocycles. The second-order valence-corrected chi connectivity index (χ2v) is 7.20. The van der Waals surface area contributed by atoms with Crippen LogP contribution in [0.1, 0.15) is 10.4 Å². The zero-order valence-electron chi connectivity index (χ0n) is 13.5. The van der Waals surface area contributed by atoms with Crippen molar-refractivity contribution in [2.45, 2.75) is 0 Å². The lowest BCUT2D eigenvalue weighted by Gasteiger charge is -2.23. The summed E-state index contributed by atoms with van der Waals surface area (Å²) in [5.74, 6) is -6.23. The van der Waals surface area contributed by atoms with Crippen LogP contribution in [0.25, 0.3) is 0 Å². The molecule has 0 unspecified atom stereocenters. The highest BCUT2D eigenvalue weighted by molar-refractivity contribution is 7.92. The van der Waals surface area contributed by atoms with Gasteiger partial charge in [0.05, 0.1) is 18.5 Å². The molecule has 5 nitrogen and oxygen atoms in total. The lowest BCUT2D eigenvalue weighted by atomic mass is 10.2. The van der Waals surface area contributed by atoms with Gasteiger partial charge in [-0.1, -0.05) is 6.07 Å². The van der Waals surface area contributed by atoms with Gasteiger partial charge < -0.3 is 5.32 Å². The number of hydrogen-bond donors (Lipinski definition) is 1. The molecule has 0 atom stereocenters. The number of carbonyl (C=O) groups is 1. The second-order valence-electron chi connectivity index (χ2n) is 5.30. The van der Waals surface area contributed by atoms with Gasteiger partial charge >= 0.3 is 0 Å². The lowest BCUT2D eigenvalue weighted by Crippen LogP contribution is -2.38. The van der Waals surface area contributed by atoms with Crippen LogP contribution >= 0.6 is 0 Å². The monoisotopic (exact) mass is 390 g/mol. The zero-order valence-corrected chi connectivity index (χ0v) is 14.3. The number of sulfonamides is 1. The SMILES string of the molecule is CS(=O)(=O)N(CCNC(=O)c1cccc(F)c1)c1ccc(F)c(F)c1F. The van der Waals surface area contributed by atoms with E-state index in [0.29, 0.717) is 10.4 Å². The average molecular weight is 390 g/mol. The van der Waals surface area contributed by atoms with Crippen LogP contribution < -0.4 is 9.62 Å². The average Bonchev–Trinajstić information content (AvgIpc) is 2.56. The minimum Gasteiger partial charge on any atom is -0.350 e. The summed E-state index contributed by atoms with van der Waals surface area (Å²) in [6, 6.07) is 6.18. The summed E-state index contributed by atoms with van der Waals surface area (Å²) in [4.78, 5) is 11.9. The van der Waals surface area contributed by atoms with Crippen LogP contribution in [0.3, 0.4) is 0 Å². The number of nitrogens with one attached hydrogen (secondary N) is 1. The number of rotatable bonds is 6. The number of benzene rings is 2. The van der Waals surface area contributed by atoms with Crippen LogP contribution in [0.4, 0.5) is 23.2 Å². The van der Waals surface area contributed by atoms with Crippen molar-refractivity contribution >= 4 is 21.6 Å². The Hall–Kier alpha value is -2.62. The number of anilines is 1. The fourth-order valence-electron chi connectivity index (χ4n) is 2.18. The van der Waals surface area contributed by atoms with Crippen molar-refractivity contribution in [3.63, 3.8) is 0 Å². The smallest absolute Gasteiger partial charge is 0.251 e. The molecule has 1 N–H and O–H groups in total. The first-order valence-electron chi connectivity index (χ1n) is 7.26.